The van der Waals surface area contributed by atoms with Crippen LogP contribution in [-0.4, -0.2) is 29.5 Å². The molecular weight excluding hydrogens is 252 g/mol. The predicted octanol–water partition coefficient (Wildman–Crippen LogP) is 3.26. The van der Waals surface area contributed by atoms with Crippen molar-refractivity contribution >= 4 is 0 Å². The molecule has 20 heavy (non-hydrogen) atoms. The van der Waals surface area contributed by atoms with Crippen LogP contribution in [0.2, 0.25) is 0 Å². The Morgan fingerprint density at radius 2 is 1.90 bits per heavy atom. The van der Waals surface area contributed by atoms with E-state index in [0.717, 1.165) is 38.0 Å². The largest absolute Gasteiger partial charge is 0.493 e. The Kier molecular flexibility index (Phi) is 3.74. The van der Waals surface area contributed by atoms with Gasteiger partial charge < -0.3 is 14.6 Å². The Hall–Kier alpha value is -1.06. The van der Waals surface area contributed by atoms with Crippen LogP contribution in [0.25, 0.3) is 0 Å². The smallest absolute Gasteiger partial charge is 0.122 e. The Morgan fingerprint density at radius 3 is 2.65 bits per heavy atom. The average molecular weight is 276 g/mol. The first-order chi connectivity index (χ1) is 9.56. The molecule has 1 aromatic carbocycles. The van der Waals surface area contributed by atoms with Crippen molar-refractivity contribution in [1.82, 2.24) is 0 Å². The number of rotatable bonds is 2. The van der Waals surface area contributed by atoms with Crippen molar-refractivity contribution in [3.63, 3.8) is 0 Å². The predicted molar refractivity (Wildman–Crippen MR) is 78.1 cm³/mol. The second-order valence-corrected chi connectivity index (χ2v) is 6.47. The molecule has 3 atom stereocenters. The van der Waals surface area contributed by atoms with Crippen molar-refractivity contribution in [2.24, 2.45) is 0 Å². The van der Waals surface area contributed by atoms with Gasteiger partial charge >= 0.3 is 0 Å². The maximum Gasteiger partial charge on any atom is 0.122 e. The number of hydrogen-bond acceptors (Lipinski definition) is 3. The van der Waals surface area contributed by atoms with E-state index in [2.05, 4.69) is 26.0 Å². The SMILES string of the molecule is CC1CC(O)(CC2CCOc3ccccc32)CC(C)O1. The maximum absolute atomic E-state index is 11.0. The van der Waals surface area contributed by atoms with Gasteiger partial charge in [0.05, 0.1) is 24.4 Å². The van der Waals surface area contributed by atoms with Crippen LogP contribution in [-0.2, 0) is 4.74 Å². The first kappa shape index (κ1) is 13.9. The summed E-state index contributed by atoms with van der Waals surface area (Å²) in [5, 5.41) is 11.0. The van der Waals surface area contributed by atoms with Crippen LogP contribution in [0.4, 0.5) is 0 Å². The first-order valence-electron chi connectivity index (χ1n) is 7.65. The molecule has 0 radical (unpaired) electrons. The molecule has 1 fully saturated rings. The lowest BCUT2D eigenvalue weighted by molar-refractivity contribution is -0.137. The zero-order valence-electron chi connectivity index (χ0n) is 12.3. The summed E-state index contributed by atoms with van der Waals surface area (Å²) in [6, 6.07) is 8.23. The summed E-state index contributed by atoms with van der Waals surface area (Å²) in [7, 11) is 0. The van der Waals surface area contributed by atoms with Gasteiger partial charge in [0.2, 0.25) is 0 Å². The molecule has 3 unspecified atom stereocenters. The van der Waals surface area contributed by atoms with Crippen LogP contribution in [0.1, 0.15) is 51.0 Å². The number of ether oxygens (including phenoxy) is 2. The zero-order chi connectivity index (χ0) is 14.2. The number of hydrogen-bond donors (Lipinski definition) is 1. The van der Waals surface area contributed by atoms with Gasteiger partial charge in [-0.05, 0) is 44.2 Å². The minimum atomic E-state index is -0.605. The Labute approximate surface area is 120 Å². The molecule has 0 bridgehead atoms. The first-order valence-corrected chi connectivity index (χ1v) is 7.65. The lowest BCUT2D eigenvalue weighted by Gasteiger charge is -2.41. The zero-order valence-corrected chi connectivity index (χ0v) is 12.3. The van der Waals surface area contributed by atoms with Crippen molar-refractivity contribution in [1.29, 1.82) is 0 Å². The molecule has 0 saturated carbocycles. The highest BCUT2D eigenvalue weighted by Crippen LogP contribution is 2.42. The third kappa shape index (κ3) is 2.84. The number of fused-ring (bicyclic) bond motifs is 1. The Morgan fingerprint density at radius 1 is 1.20 bits per heavy atom. The molecule has 110 valence electrons. The van der Waals surface area contributed by atoms with Gasteiger partial charge in [-0.3, -0.25) is 0 Å². The Balaban J connectivity index is 1.78. The molecule has 3 rings (SSSR count). The van der Waals surface area contributed by atoms with Crippen molar-refractivity contribution < 1.29 is 14.6 Å². The van der Waals surface area contributed by atoms with Crippen molar-refractivity contribution in [3.05, 3.63) is 29.8 Å². The van der Waals surface area contributed by atoms with Gasteiger partial charge in [-0.2, -0.15) is 0 Å². The summed E-state index contributed by atoms with van der Waals surface area (Å²) < 4.78 is 11.5. The van der Waals surface area contributed by atoms with Gasteiger partial charge in [-0.25, -0.2) is 0 Å². The average Bonchev–Trinajstić information content (AvgIpc) is 2.37. The summed E-state index contributed by atoms with van der Waals surface area (Å²) >= 11 is 0. The molecule has 2 aliphatic rings. The van der Waals surface area contributed by atoms with Crippen molar-refractivity contribution in [2.75, 3.05) is 6.61 Å². The molecule has 0 spiro atoms. The van der Waals surface area contributed by atoms with Crippen LogP contribution in [0, 0.1) is 0 Å². The van der Waals surface area contributed by atoms with Crippen LogP contribution < -0.4 is 4.74 Å². The van der Waals surface area contributed by atoms with E-state index in [4.69, 9.17) is 9.47 Å². The Bertz CT molecular complexity index is 461. The van der Waals surface area contributed by atoms with E-state index in [9.17, 15) is 5.11 Å². The highest BCUT2D eigenvalue weighted by atomic mass is 16.5. The van der Waals surface area contributed by atoms with Crippen LogP contribution in [0.5, 0.6) is 5.75 Å². The summed E-state index contributed by atoms with van der Waals surface area (Å²) in [6.07, 6.45) is 3.54. The molecule has 3 heteroatoms. The third-order valence-electron chi connectivity index (χ3n) is 4.51. The third-order valence-corrected chi connectivity index (χ3v) is 4.51. The number of benzene rings is 1. The second kappa shape index (κ2) is 5.38. The minimum absolute atomic E-state index is 0.138. The number of aliphatic hydroxyl groups is 1. The van der Waals surface area contributed by atoms with Gasteiger partial charge in [0.1, 0.15) is 5.75 Å². The van der Waals surface area contributed by atoms with Crippen LogP contribution in [0.3, 0.4) is 0 Å². The highest BCUT2D eigenvalue weighted by molar-refractivity contribution is 5.38. The molecule has 3 nitrogen and oxygen atoms in total. The molecule has 1 aromatic rings. The van der Waals surface area contributed by atoms with Gasteiger partial charge in [0, 0.05) is 12.8 Å². The van der Waals surface area contributed by atoms with E-state index in [0.29, 0.717) is 5.92 Å². The van der Waals surface area contributed by atoms with E-state index >= 15 is 0 Å². The van der Waals surface area contributed by atoms with E-state index in [1.165, 1.54) is 5.56 Å². The minimum Gasteiger partial charge on any atom is -0.493 e. The van der Waals surface area contributed by atoms with Gasteiger partial charge in [0.15, 0.2) is 0 Å². The molecule has 0 aliphatic carbocycles. The van der Waals surface area contributed by atoms with E-state index in [1.54, 1.807) is 0 Å². The monoisotopic (exact) mass is 276 g/mol. The quantitative estimate of drug-likeness (QED) is 0.901. The highest BCUT2D eigenvalue weighted by Gasteiger charge is 2.39. The van der Waals surface area contributed by atoms with E-state index in [1.807, 2.05) is 12.1 Å². The maximum atomic E-state index is 11.0. The summed E-state index contributed by atoms with van der Waals surface area (Å²) in [5.41, 5.74) is 0.644. The molecular formula is C17H24O3. The fraction of sp³-hybridized carbons (Fsp3) is 0.647. The summed E-state index contributed by atoms with van der Waals surface area (Å²) in [4.78, 5) is 0. The van der Waals surface area contributed by atoms with E-state index in [-0.39, 0.29) is 12.2 Å². The molecule has 2 heterocycles. The van der Waals surface area contributed by atoms with Gasteiger partial charge in [-0.1, -0.05) is 18.2 Å². The van der Waals surface area contributed by atoms with Gasteiger partial charge in [0.25, 0.3) is 0 Å². The lowest BCUT2D eigenvalue weighted by Crippen LogP contribution is -2.44. The van der Waals surface area contributed by atoms with Crippen LogP contribution >= 0.6 is 0 Å². The van der Waals surface area contributed by atoms with Crippen molar-refractivity contribution in [2.45, 2.75) is 63.3 Å². The standard InChI is InChI=1S/C17H24O3/c1-12-9-17(18,10-13(2)20-12)11-14-7-8-19-16-6-4-3-5-15(14)16/h3-6,12-14,18H,7-11H2,1-2H3. The fourth-order valence-corrected chi connectivity index (χ4v) is 3.90. The normalized spacial score (nSPS) is 37.0. The lowest BCUT2D eigenvalue weighted by atomic mass is 9.76. The number of para-hydroxylation sites is 1. The van der Waals surface area contributed by atoms with Gasteiger partial charge in [-0.15, -0.1) is 0 Å². The molecule has 2 aliphatic heterocycles. The molecule has 0 aromatic heterocycles. The molecule has 0 amide bonds. The summed E-state index contributed by atoms with van der Waals surface area (Å²) in [5.74, 6) is 1.38. The summed E-state index contributed by atoms with van der Waals surface area (Å²) in [6.45, 7) is 4.86. The topological polar surface area (TPSA) is 38.7 Å². The molecule has 1 N–H and O–H groups in total. The second-order valence-electron chi connectivity index (χ2n) is 6.47. The molecule has 1 saturated heterocycles. The van der Waals surface area contributed by atoms with Crippen LogP contribution in [0.15, 0.2) is 24.3 Å². The van der Waals surface area contributed by atoms with Crippen molar-refractivity contribution in [3.8, 4) is 5.75 Å². The fourth-order valence-electron chi connectivity index (χ4n) is 3.90. The van der Waals surface area contributed by atoms with E-state index < -0.39 is 5.60 Å².